The molecule has 2 N–H and O–H groups in total. The van der Waals surface area contributed by atoms with Gasteiger partial charge < -0.3 is 5.73 Å². The first-order valence-electron chi connectivity index (χ1n) is 7.20. The summed E-state index contributed by atoms with van der Waals surface area (Å²) in [6.07, 6.45) is 8.35. The van der Waals surface area contributed by atoms with E-state index in [4.69, 9.17) is 5.73 Å². The molecule has 1 aliphatic heterocycles. The molecule has 94 valence electrons. The lowest BCUT2D eigenvalue weighted by Gasteiger charge is -2.47. The first-order valence-corrected chi connectivity index (χ1v) is 7.20. The van der Waals surface area contributed by atoms with Gasteiger partial charge in [-0.15, -0.1) is 0 Å². The molecule has 1 saturated heterocycles. The highest BCUT2D eigenvalue weighted by molar-refractivity contribution is 4.89. The summed E-state index contributed by atoms with van der Waals surface area (Å²) in [7, 11) is 0. The Balaban J connectivity index is 2.03. The molecule has 0 spiro atoms. The highest BCUT2D eigenvalue weighted by Gasteiger charge is 2.35. The molecule has 4 atom stereocenters. The number of likely N-dealkylation sites (tertiary alicyclic amines) is 1. The Morgan fingerprint density at radius 2 is 1.88 bits per heavy atom. The molecule has 1 heterocycles. The molecule has 2 fully saturated rings. The minimum absolute atomic E-state index is 0.673. The van der Waals surface area contributed by atoms with Crippen molar-refractivity contribution in [1.82, 2.24) is 4.90 Å². The zero-order valence-electron chi connectivity index (χ0n) is 11.0. The fourth-order valence-corrected chi connectivity index (χ4v) is 3.73. The molecular formula is C14H28N2. The lowest BCUT2D eigenvalue weighted by Crippen LogP contribution is -2.53. The Morgan fingerprint density at radius 1 is 1.06 bits per heavy atom. The van der Waals surface area contributed by atoms with Crippen LogP contribution in [0.25, 0.3) is 0 Å². The molecule has 1 saturated carbocycles. The molecule has 2 rings (SSSR count). The Kier molecular flexibility index (Phi) is 4.26. The number of nitrogens with zero attached hydrogens (tertiary/aromatic N) is 1. The van der Waals surface area contributed by atoms with Gasteiger partial charge in [0.2, 0.25) is 0 Å². The van der Waals surface area contributed by atoms with Crippen molar-refractivity contribution in [2.75, 3.05) is 13.1 Å². The third-order valence-electron chi connectivity index (χ3n) is 5.03. The van der Waals surface area contributed by atoms with E-state index >= 15 is 0 Å². The molecule has 16 heavy (non-hydrogen) atoms. The van der Waals surface area contributed by atoms with Crippen molar-refractivity contribution in [3.8, 4) is 0 Å². The summed E-state index contributed by atoms with van der Waals surface area (Å²) in [4.78, 5) is 2.75. The Morgan fingerprint density at radius 3 is 2.62 bits per heavy atom. The van der Waals surface area contributed by atoms with Gasteiger partial charge in [-0.2, -0.15) is 0 Å². The summed E-state index contributed by atoms with van der Waals surface area (Å²) in [6, 6.07) is 1.49. The monoisotopic (exact) mass is 224 g/mol. The third-order valence-corrected chi connectivity index (χ3v) is 5.03. The third kappa shape index (κ3) is 2.43. The van der Waals surface area contributed by atoms with Crippen molar-refractivity contribution in [1.29, 1.82) is 0 Å². The normalized spacial score (nSPS) is 42.2. The van der Waals surface area contributed by atoms with Gasteiger partial charge in [0, 0.05) is 18.6 Å². The van der Waals surface area contributed by atoms with Gasteiger partial charge in [-0.3, -0.25) is 4.90 Å². The standard InChI is InChI=1S/C14H28N2/c1-11-6-5-8-14(12(11)2)16-9-4-3-7-13(16)10-15/h11-14H,3-10,15H2,1-2H3. The summed E-state index contributed by atoms with van der Waals surface area (Å²) in [6.45, 7) is 7.04. The minimum Gasteiger partial charge on any atom is -0.329 e. The average Bonchev–Trinajstić information content (AvgIpc) is 2.33. The Labute approximate surface area is 101 Å². The van der Waals surface area contributed by atoms with Gasteiger partial charge in [-0.1, -0.05) is 33.1 Å². The topological polar surface area (TPSA) is 29.3 Å². The first-order chi connectivity index (χ1) is 7.74. The number of hydrogen-bond acceptors (Lipinski definition) is 2. The summed E-state index contributed by atoms with van der Waals surface area (Å²) in [5.41, 5.74) is 5.94. The second-order valence-corrected chi connectivity index (χ2v) is 5.96. The highest BCUT2D eigenvalue weighted by atomic mass is 15.2. The largest absolute Gasteiger partial charge is 0.329 e. The smallest absolute Gasteiger partial charge is 0.0221 e. The van der Waals surface area contributed by atoms with Crippen molar-refractivity contribution >= 4 is 0 Å². The maximum Gasteiger partial charge on any atom is 0.0221 e. The van der Waals surface area contributed by atoms with Crippen LogP contribution in [-0.2, 0) is 0 Å². The van der Waals surface area contributed by atoms with Crippen LogP contribution >= 0.6 is 0 Å². The summed E-state index contributed by atoms with van der Waals surface area (Å²) >= 11 is 0. The molecule has 0 bridgehead atoms. The Hall–Kier alpha value is -0.0800. The van der Waals surface area contributed by atoms with Crippen molar-refractivity contribution in [3.05, 3.63) is 0 Å². The Bertz CT molecular complexity index is 211. The predicted molar refractivity (Wildman–Crippen MR) is 69.4 cm³/mol. The van der Waals surface area contributed by atoms with Crippen molar-refractivity contribution in [2.45, 2.75) is 64.5 Å². The van der Waals surface area contributed by atoms with Crippen LogP contribution in [0.4, 0.5) is 0 Å². The maximum absolute atomic E-state index is 5.94. The van der Waals surface area contributed by atoms with Gasteiger partial charge in [0.25, 0.3) is 0 Å². The first kappa shape index (κ1) is 12.4. The second kappa shape index (κ2) is 5.50. The van der Waals surface area contributed by atoms with Crippen LogP contribution in [0.2, 0.25) is 0 Å². The summed E-state index contributed by atoms with van der Waals surface area (Å²) < 4.78 is 0. The SMILES string of the molecule is CC1CCCC(N2CCCCC2CN)C1C. The van der Waals surface area contributed by atoms with E-state index in [1.165, 1.54) is 45.1 Å². The van der Waals surface area contributed by atoms with Gasteiger partial charge >= 0.3 is 0 Å². The van der Waals surface area contributed by atoms with E-state index < -0.39 is 0 Å². The fraction of sp³-hybridized carbons (Fsp3) is 1.00. The van der Waals surface area contributed by atoms with Crippen molar-refractivity contribution in [2.24, 2.45) is 17.6 Å². The van der Waals surface area contributed by atoms with E-state index in [-0.39, 0.29) is 0 Å². The highest BCUT2D eigenvalue weighted by Crippen LogP contribution is 2.35. The lowest BCUT2D eigenvalue weighted by atomic mass is 9.76. The number of piperidine rings is 1. The number of hydrogen-bond donors (Lipinski definition) is 1. The van der Waals surface area contributed by atoms with Crippen molar-refractivity contribution in [3.63, 3.8) is 0 Å². The van der Waals surface area contributed by atoms with E-state index in [1.54, 1.807) is 0 Å². The second-order valence-electron chi connectivity index (χ2n) is 5.96. The molecular weight excluding hydrogens is 196 g/mol. The molecule has 1 aliphatic carbocycles. The molecule has 2 heteroatoms. The molecule has 2 aliphatic rings. The van der Waals surface area contributed by atoms with E-state index in [0.717, 1.165) is 24.4 Å². The maximum atomic E-state index is 5.94. The van der Waals surface area contributed by atoms with Gasteiger partial charge in [0.15, 0.2) is 0 Å². The molecule has 0 aromatic carbocycles. The zero-order chi connectivity index (χ0) is 11.5. The van der Waals surface area contributed by atoms with Crippen LogP contribution < -0.4 is 5.73 Å². The molecule has 0 aromatic rings. The predicted octanol–water partition coefficient (Wildman–Crippen LogP) is 2.62. The van der Waals surface area contributed by atoms with E-state index in [0.29, 0.717) is 6.04 Å². The molecule has 0 aromatic heterocycles. The minimum atomic E-state index is 0.673. The zero-order valence-corrected chi connectivity index (χ0v) is 11.0. The van der Waals surface area contributed by atoms with Crippen LogP contribution in [0.15, 0.2) is 0 Å². The summed E-state index contributed by atoms with van der Waals surface area (Å²) in [5.74, 6) is 1.76. The van der Waals surface area contributed by atoms with Gasteiger partial charge in [0.1, 0.15) is 0 Å². The number of nitrogens with two attached hydrogens (primary N) is 1. The van der Waals surface area contributed by atoms with Gasteiger partial charge in [-0.05, 0) is 37.6 Å². The average molecular weight is 224 g/mol. The number of rotatable bonds is 2. The van der Waals surface area contributed by atoms with E-state index in [2.05, 4.69) is 18.7 Å². The molecule has 4 unspecified atom stereocenters. The van der Waals surface area contributed by atoms with E-state index in [1.807, 2.05) is 0 Å². The van der Waals surface area contributed by atoms with Crippen LogP contribution in [0.5, 0.6) is 0 Å². The van der Waals surface area contributed by atoms with Gasteiger partial charge in [-0.25, -0.2) is 0 Å². The lowest BCUT2D eigenvalue weighted by molar-refractivity contribution is 0.0284. The molecule has 0 amide bonds. The van der Waals surface area contributed by atoms with Crippen LogP contribution in [0, 0.1) is 11.8 Å². The van der Waals surface area contributed by atoms with Crippen molar-refractivity contribution < 1.29 is 0 Å². The van der Waals surface area contributed by atoms with Gasteiger partial charge in [0.05, 0.1) is 0 Å². The van der Waals surface area contributed by atoms with E-state index in [9.17, 15) is 0 Å². The van der Waals surface area contributed by atoms with Crippen LogP contribution in [0.3, 0.4) is 0 Å². The van der Waals surface area contributed by atoms with Crippen LogP contribution in [0.1, 0.15) is 52.4 Å². The molecule has 0 radical (unpaired) electrons. The summed E-state index contributed by atoms with van der Waals surface area (Å²) in [5, 5.41) is 0. The van der Waals surface area contributed by atoms with Crippen LogP contribution in [-0.4, -0.2) is 30.1 Å². The quantitative estimate of drug-likeness (QED) is 0.781. The molecule has 2 nitrogen and oxygen atoms in total. The fourth-order valence-electron chi connectivity index (χ4n) is 3.73.